The first-order valence-corrected chi connectivity index (χ1v) is 10.3. The molecule has 28 heavy (non-hydrogen) atoms. The van der Waals surface area contributed by atoms with E-state index in [1.54, 1.807) is 0 Å². The van der Waals surface area contributed by atoms with Crippen molar-refractivity contribution in [2.45, 2.75) is 26.2 Å². The maximum absolute atomic E-state index is 12.5. The molecule has 148 valence electrons. The lowest BCUT2D eigenvalue weighted by molar-refractivity contribution is -0.130. The molecule has 2 aliphatic rings. The largest absolute Gasteiger partial charge is 0.355 e. The van der Waals surface area contributed by atoms with Crippen molar-refractivity contribution in [1.82, 2.24) is 15.1 Å². The molecule has 0 N–H and O–H groups in total. The van der Waals surface area contributed by atoms with Crippen molar-refractivity contribution in [2.24, 2.45) is 5.92 Å². The number of piperidine rings is 1. The van der Waals surface area contributed by atoms with Crippen molar-refractivity contribution in [3.8, 4) is 0 Å². The van der Waals surface area contributed by atoms with Gasteiger partial charge in [-0.25, -0.2) is 0 Å². The molecule has 0 spiro atoms. The summed E-state index contributed by atoms with van der Waals surface area (Å²) in [5.41, 5.74) is 1.07. The number of rotatable bonds is 4. The third-order valence-electron chi connectivity index (χ3n) is 5.90. The van der Waals surface area contributed by atoms with Crippen LogP contribution in [-0.2, 0) is 11.2 Å². The molecule has 2 fully saturated rings. The van der Waals surface area contributed by atoms with Gasteiger partial charge in [0.2, 0.25) is 5.91 Å². The van der Waals surface area contributed by atoms with Gasteiger partial charge in [0, 0.05) is 39.3 Å². The topological polar surface area (TPSA) is 52.6 Å². The summed E-state index contributed by atoms with van der Waals surface area (Å²) < 4.78 is 0. The summed E-state index contributed by atoms with van der Waals surface area (Å²) in [5, 5.41) is 8.93. The maximum atomic E-state index is 12.5. The van der Waals surface area contributed by atoms with Crippen LogP contribution in [0.3, 0.4) is 0 Å². The Morgan fingerprint density at radius 2 is 1.43 bits per heavy atom. The Labute approximate surface area is 167 Å². The summed E-state index contributed by atoms with van der Waals surface area (Å²) >= 11 is 0. The fourth-order valence-corrected chi connectivity index (χ4v) is 3.96. The summed E-state index contributed by atoms with van der Waals surface area (Å²) in [6, 6.07) is 14.1. The fourth-order valence-electron chi connectivity index (χ4n) is 3.96. The van der Waals surface area contributed by atoms with E-state index in [4.69, 9.17) is 0 Å². The summed E-state index contributed by atoms with van der Waals surface area (Å²) in [4.78, 5) is 19.0. The second-order valence-electron chi connectivity index (χ2n) is 7.95. The molecular formula is C22H29N5O. The van der Waals surface area contributed by atoms with E-state index in [9.17, 15) is 4.79 Å². The first-order chi connectivity index (χ1) is 13.7. The molecule has 0 saturated carbocycles. The van der Waals surface area contributed by atoms with Gasteiger partial charge in [0.15, 0.2) is 11.6 Å². The van der Waals surface area contributed by atoms with E-state index in [1.807, 2.05) is 35.2 Å². The minimum absolute atomic E-state index is 0.201. The third kappa shape index (κ3) is 4.43. The number of amides is 1. The smallest absolute Gasteiger partial charge is 0.227 e. The minimum Gasteiger partial charge on any atom is -0.355 e. The maximum Gasteiger partial charge on any atom is 0.227 e. The van der Waals surface area contributed by atoms with Gasteiger partial charge >= 0.3 is 0 Å². The number of piperazine rings is 1. The van der Waals surface area contributed by atoms with Crippen LogP contribution in [0, 0.1) is 5.92 Å². The molecule has 1 aromatic heterocycles. The van der Waals surface area contributed by atoms with Crippen LogP contribution in [-0.4, -0.2) is 60.3 Å². The van der Waals surface area contributed by atoms with E-state index in [1.165, 1.54) is 12.8 Å². The van der Waals surface area contributed by atoms with E-state index < -0.39 is 0 Å². The average Bonchev–Trinajstić information content (AvgIpc) is 2.75. The summed E-state index contributed by atoms with van der Waals surface area (Å²) in [6.07, 6.45) is 2.93. The SMILES string of the molecule is CC1CCN(c2ccc(N3CCN(C(=O)Cc4ccccc4)CC3)nn2)CC1. The Hall–Kier alpha value is -2.63. The van der Waals surface area contributed by atoms with E-state index in [-0.39, 0.29) is 5.91 Å². The first kappa shape index (κ1) is 18.7. The highest BCUT2D eigenvalue weighted by Gasteiger charge is 2.23. The molecular weight excluding hydrogens is 350 g/mol. The van der Waals surface area contributed by atoms with Crippen molar-refractivity contribution in [3.05, 3.63) is 48.0 Å². The van der Waals surface area contributed by atoms with Crippen molar-refractivity contribution in [1.29, 1.82) is 0 Å². The Kier molecular flexibility index (Phi) is 5.74. The van der Waals surface area contributed by atoms with E-state index in [0.29, 0.717) is 6.42 Å². The van der Waals surface area contributed by atoms with Crippen LogP contribution in [0.5, 0.6) is 0 Å². The number of carbonyl (C=O) groups is 1. The Morgan fingerprint density at radius 1 is 0.857 bits per heavy atom. The zero-order chi connectivity index (χ0) is 19.3. The second-order valence-corrected chi connectivity index (χ2v) is 7.95. The van der Waals surface area contributed by atoms with Gasteiger partial charge in [-0.2, -0.15) is 0 Å². The number of anilines is 2. The van der Waals surface area contributed by atoms with E-state index >= 15 is 0 Å². The zero-order valence-corrected chi connectivity index (χ0v) is 16.6. The molecule has 2 aliphatic heterocycles. The molecule has 0 atom stereocenters. The molecule has 6 heteroatoms. The molecule has 1 aromatic carbocycles. The normalized spacial score (nSPS) is 18.4. The number of aromatic nitrogens is 2. The van der Waals surface area contributed by atoms with Gasteiger partial charge in [-0.3, -0.25) is 4.79 Å². The van der Waals surface area contributed by atoms with Gasteiger partial charge in [0.1, 0.15) is 0 Å². The molecule has 2 aromatic rings. The summed E-state index contributed by atoms with van der Waals surface area (Å²) in [6.45, 7) is 7.52. The van der Waals surface area contributed by atoms with Crippen LogP contribution in [0.1, 0.15) is 25.3 Å². The van der Waals surface area contributed by atoms with Crippen LogP contribution in [0.4, 0.5) is 11.6 Å². The van der Waals surface area contributed by atoms with Gasteiger partial charge < -0.3 is 14.7 Å². The lowest BCUT2D eigenvalue weighted by atomic mass is 9.99. The number of hydrogen-bond donors (Lipinski definition) is 0. The molecule has 4 rings (SSSR count). The quantitative estimate of drug-likeness (QED) is 0.817. The molecule has 2 saturated heterocycles. The van der Waals surface area contributed by atoms with Crippen LogP contribution in [0.2, 0.25) is 0 Å². The predicted octanol–water partition coefficient (Wildman–Crippen LogP) is 2.60. The number of hydrogen-bond acceptors (Lipinski definition) is 5. The first-order valence-electron chi connectivity index (χ1n) is 10.3. The summed E-state index contributed by atoms with van der Waals surface area (Å²) in [5.74, 6) is 2.90. The molecule has 1 amide bonds. The van der Waals surface area contributed by atoms with Gasteiger partial charge in [-0.05, 0) is 36.5 Å². The molecule has 0 aliphatic carbocycles. The fraction of sp³-hybridized carbons (Fsp3) is 0.500. The Balaban J connectivity index is 1.29. The van der Waals surface area contributed by atoms with Crippen LogP contribution < -0.4 is 9.80 Å². The lowest BCUT2D eigenvalue weighted by Gasteiger charge is -2.35. The second kappa shape index (κ2) is 8.59. The number of nitrogens with zero attached hydrogens (tertiary/aromatic N) is 5. The van der Waals surface area contributed by atoms with Gasteiger partial charge in [0.25, 0.3) is 0 Å². The Bertz CT molecular complexity index is 763. The predicted molar refractivity (Wildman–Crippen MR) is 112 cm³/mol. The number of carbonyl (C=O) groups excluding carboxylic acids is 1. The van der Waals surface area contributed by atoms with Crippen LogP contribution in [0.15, 0.2) is 42.5 Å². The van der Waals surface area contributed by atoms with Crippen LogP contribution >= 0.6 is 0 Å². The highest BCUT2D eigenvalue weighted by molar-refractivity contribution is 5.79. The standard InChI is InChI=1S/C22H29N5O/c1-18-9-11-25(12-10-18)20-7-8-21(24-23-20)26-13-15-27(16-14-26)22(28)17-19-5-3-2-4-6-19/h2-8,18H,9-17H2,1H3. The highest BCUT2D eigenvalue weighted by Crippen LogP contribution is 2.22. The lowest BCUT2D eigenvalue weighted by Crippen LogP contribution is -2.49. The average molecular weight is 380 g/mol. The highest BCUT2D eigenvalue weighted by atomic mass is 16.2. The molecule has 0 unspecified atom stereocenters. The van der Waals surface area contributed by atoms with Crippen molar-refractivity contribution in [2.75, 3.05) is 49.1 Å². The van der Waals surface area contributed by atoms with Crippen LogP contribution in [0.25, 0.3) is 0 Å². The third-order valence-corrected chi connectivity index (χ3v) is 5.90. The molecule has 6 nitrogen and oxygen atoms in total. The zero-order valence-electron chi connectivity index (χ0n) is 16.6. The molecule has 0 bridgehead atoms. The Morgan fingerprint density at radius 3 is 2.00 bits per heavy atom. The van der Waals surface area contributed by atoms with Gasteiger partial charge in [0.05, 0.1) is 6.42 Å². The van der Waals surface area contributed by atoms with E-state index in [0.717, 1.165) is 62.4 Å². The minimum atomic E-state index is 0.201. The summed E-state index contributed by atoms with van der Waals surface area (Å²) in [7, 11) is 0. The van der Waals surface area contributed by atoms with Gasteiger partial charge in [-0.15, -0.1) is 10.2 Å². The monoisotopic (exact) mass is 379 g/mol. The van der Waals surface area contributed by atoms with Crippen molar-refractivity contribution in [3.63, 3.8) is 0 Å². The van der Waals surface area contributed by atoms with Gasteiger partial charge in [-0.1, -0.05) is 37.3 Å². The molecule has 3 heterocycles. The van der Waals surface area contributed by atoms with Crippen molar-refractivity contribution < 1.29 is 4.79 Å². The van der Waals surface area contributed by atoms with E-state index in [2.05, 4.69) is 39.1 Å². The number of benzene rings is 1. The van der Waals surface area contributed by atoms with Crippen molar-refractivity contribution >= 4 is 17.5 Å². The molecule has 0 radical (unpaired) electrons.